The number of hydrogen-bond donors (Lipinski definition) is 0. The summed E-state index contributed by atoms with van der Waals surface area (Å²) in [6.45, 7) is 4.14. The number of likely N-dealkylation sites (N-methyl/N-ethyl adjacent to an activating group) is 1. The molecule has 22 heavy (non-hydrogen) atoms. The van der Waals surface area contributed by atoms with E-state index in [1.54, 1.807) is 0 Å². The minimum absolute atomic E-state index is 0.0561. The van der Waals surface area contributed by atoms with E-state index in [1.807, 2.05) is 16.8 Å². The summed E-state index contributed by atoms with van der Waals surface area (Å²) in [5, 5.41) is 0. The van der Waals surface area contributed by atoms with Crippen molar-refractivity contribution < 1.29 is 9.59 Å². The van der Waals surface area contributed by atoms with Crippen LogP contribution in [0.15, 0.2) is 0 Å². The van der Waals surface area contributed by atoms with Gasteiger partial charge in [-0.1, -0.05) is 19.3 Å². The lowest BCUT2D eigenvalue weighted by molar-refractivity contribution is -0.136. The molecule has 0 aromatic carbocycles. The third kappa shape index (κ3) is 3.45. The largest absolute Gasteiger partial charge is 0.344 e. The normalized spacial score (nSPS) is 28.4. The van der Waals surface area contributed by atoms with Gasteiger partial charge in [-0.2, -0.15) is 0 Å². The van der Waals surface area contributed by atoms with E-state index in [-0.39, 0.29) is 11.9 Å². The molecule has 1 unspecified atom stereocenters. The second-order valence-corrected chi connectivity index (χ2v) is 7.19. The number of likely N-dealkylation sites (tertiary alicyclic amines) is 1. The maximum Gasteiger partial charge on any atom is 0.239 e. The molecule has 2 aliphatic heterocycles. The van der Waals surface area contributed by atoms with E-state index in [0.717, 1.165) is 45.6 Å². The van der Waals surface area contributed by atoms with Crippen LogP contribution in [0.4, 0.5) is 0 Å². The molecule has 1 atom stereocenters. The lowest BCUT2D eigenvalue weighted by Crippen LogP contribution is -2.53. The maximum absolute atomic E-state index is 12.4. The van der Waals surface area contributed by atoms with Gasteiger partial charge in [-0.15, -0.1) is 0 Å². The zero-order valence-corrected chi connectivity index (χ0v) is 13.8. The predicted octanol–water partition coefficient (Wildman–Crippen LogP) is 1.33. The molecule has 5 nitrogen and oxygen atoms in total. The molecule has 0 spiro atoms. The van der Waals surface area contributed by atoms with Crippen LogP contribution in [0, 0.1) is 5.92 Å². The molecular weight excluding hydrogens is 278 g/mol. The van der Waals surface area contributed by atoms with Gasteiger partial charge in [0.1, 0.15) is 0 Å². The average Bonchev–Trinajstić information content (AvgIpc) is 2.88. The zero-order chi connectivity index (χ0) is 15.5. The van der Waals surface area contributed by atoms with Crippen molar-refractivity contribution in [1.29, 1.82) is 0 Å². The lowest BCUT2D eigenvalue weighted by Gasteiger charge is -2.37. The van der Waals surface area contributed by atoms with E-state index in [1.165, 1.54) is 32.1 Å². The number of carbonyl (C=O) groups is 2. The van der Waals surface area contributed by atoms with E-state index in [9.17, 15) is 9.59 Å². The number of hydrogen-bond acceptors (Lipinski definition) is 3. The van der Waals surface area contributed by atoms with E-state index < -0.39 is 0 Å². The van der Waals surface area contributed by atoms with Crippen molar-refractivity contribution >= 4 is 11.8 Å². The van der Waals surface area contributed by atoms with Crippen molar-refractivity contribution in [1.82, 2.24) is 14.7 Å². The Morgan fingerprint density at radius 3 is 2.27 bits per heavy atom. The maximum atomic E-state index is 12.4. The monoisotopic (exact) mass is 307 g/mol. The van der Waals surface area contributed by atoms with Crippen molar-refractivity contribution in [2.75, 3.05) is 39.8 Å². The predicted molar refractivity (Wildman–Crippen MR) is 85.4 cm³/mol. The van der Waals surface area contributed by atoms with Crippen molar-refractivity contribution in [2.24, 2.45) is 5.92 Å². The molecule has 2 amide bonds. The molecule has 124 valence electrons. The molecule has 5 heteroatoms. The van der Waals surface area contributed by atoms with Gasteiger partial charge in [0, 0.05) is 46.2 Å². The van der Waals surface area contributed by atoms with Gasteiger partial charge in [-0.25, -0.2) is 0 Å². The summed E-state index contributed by atoms with van der Waals surface area (Å²) in [6.07, 6.45) is 8.07. The van der Waals surface area contributed by atoms with Gasteiger partial charge in [-0.3, -0.25) is 14.5 Å². The second kappa shape index (κ2) is 6.99. The Balaban J connectivity index is 1.45. The number of amides is 2. The van der Waals surface area contributed by atoms with Crippen molar-refractivity contribution in [3.8, 4) is 0 Å². The van der Waals surface area contributed by atoms with Gasteiger partial charge in [0.25, 0.3) is 0 Å². The smallest absolute Gasteiger partial charge is 0.239 e. The van der Waals surface area contributed by atoms with Crippen molar-refractivity contribution in [3.63, 3.8) is 0 Å². The van der Waals surface area contributed by atoms with Gasteiger partial charge in [0.2, 0.25) is 11.8 Å². The molecule has 2 saturated heterocycles. The molecule has 0 radical (unpaired) electrons. The standard InChI is InChI=1S/C17H29N3O2/c1-18-8-7-15(17(18)22)19-9-11-20(12-10-19)16(21)13-14-5-3-2-4-6-14/h14-15H,2-13H2,1H3. The first-order valence-electron chi connectivity index (χ1n) is 8.92. The summed E-state index contributed by atoms with van der Waals surface area (Å²) in [4.78, 5) is 30.7. The van der Waals surface area contributed by atoms with Crippen LogP contribution in [0.1, 0.15) is 44.9 Å². The van der Waals surface area contributed by atoms with E-state index >= 15 is 0 Å². The van der Waals surface area contributed by atoms with Gasteiger partial charge in [0.05, 0.1) is 6.04 Å². The lowest BCUT2D eigenvalue weighted by atomic mass is 9.86. The zero-order valence-electron chi connectivity index (χ0n) is 13.8. The van der Waals surface area contributed by atoms with E-state index in [0.29, 0.717) is 11.8 Å². The summed E-state index contributed by atoms with van der Waals surface area (Å²) < 4.78 is 0. The number of nitrogens with zero attached hydrogens (tertiary/aromatic N) is 3. The number of piperazine rings is 1. The first-order valence-corrected chi connectivity index (χ1v) is 8.92. The first-order chi connectivity index (χ1) is 10.6. The second-order valence-electron chi connectivity index (χ2n) is 7.19. The van der Waals surface area contributed by atoms with Crippen molar-refractivity contribution in [2.45, 2.75) is 51.0 Å². The van der Waals surface area contributed by atoms with Gasteiger partial charge >= 0.3 is 0 Å². The van der Waals surface area contributed by atoms with Crippen LogP contribution in [0.3, 0.4) is 0 Å². The molecule has 3 rings (SSSR count). The molecule has 3 aliphatic rings. The van der Waals surface area contributed by atoms with Gasteiger partial charge in [0.15, 0.2) is 0 Å². The molecule has 0 bridgehead atoms. The third-order valence-corrected chi connectivity index (χ3v) is 5.70. The number of rotatable bonds is 3. The third-order valence-electron chi connectivity index (χ3n) is 5.70. The molecule has 2 heterocycles. The Morgan fingerprint density at radius 2 is 1.68 bits per heavy atom. The summed E-state index contributed by atoms with van der Waals surface area (Å²) in [5.74, 6) is 1.20. The number of carbonyl (C=O) groups excluding carboxylic acids is 2. The summed E-state index contributed by atoms with van der Waals surface area (Å²) in [6, 6.07) is 0.0561. The van der Waals surface area contributed by atoms with Crippen LogP contribution in [-0.2, 0) is 9.59 Å². The Morgan fingerprint density at radius 1 is 1.00 bits per heavy atom. The fourth-order valence-corrected chi connectivity index (χ4v) is 4.19. The van der Waals surface area contributed by atoms with Crippen LogP contribution in [-0.4, -0.2) is 72.3 Å². The van der Waals surface area contributed by atoms with Gasteiger partial charge < -0.3 is 9.80 Å². The Kier molecular flexibility index (Phi) is 5.01. The van der Waals surface area contributed by atoms with Crippen LogP contribution in [0.5, 0.6) is 0 Å². The molecule has 0 aromatic heterocycles. The average molecular weight is 307 g/mol. The Labute approximate surface area is 133 Å². The van der Waals surface area contributed by atoms with Gasteiger partial charge in [-0.05, 0) is 25.2 Å². The minimum Gasteiger partial charge on any atom is -0.344 e. The SMILES string of the molecule is CN1CCC(N2CCN(C(=O)CC3CCCCC3)CC2)C1=O. The molecule has 0 N–H and O–H groups in total. The van der Waals surface area contributed by atoms with Crippen LogP contribution in [0.25, 0.3) is 0 Å². The highest BCUT2D eigenvalue weighted by molar-refractivity contribution is 5.83. The van der Waals surface area contributed by atoms with E-state index in [2.05, 4.69) is 4.90 Å². The highest BCUT2D eigenvalue weighted by Gasteiger charge is 2.36. The highest BCUT2D eigenvalue weighted by atomic mass is 16.2. The summed E-state index contributed by atoms with van der Waals surface area (Å²) in [5.41, 5.74) is 0. The molecule has 3 fully saturated rings. The molecule has 1 saturated carbocycles. The molecular formula is C17H29N3O2. The minimum atomic E-state index is 0.0561. The fourth-order valence-electron chi connectivity index (χ4n) is 4.19. The van der Waals surface area contributed by atoms with E-state index in [4.69, 9.17) is 0 Å². The van der Waals surface area contributed by atoms with Crippen LogP contribution < -0.4 is 0 Å². The van der Waals surface area contributed by atoms with Crippen LogP contribution >= 0.6 is 0 Å². The van der Waals surface area contributed by atoms with Crippen LogP contribution in [0.2, 0.25) is 0 Å². The summed E-state index contributed by atoms with van der Waals surface area (Å²) in [7, 11) is 1.88. The molecule has 0 aromatic rings. The quantitative estimate of drug-likeness (QED) is 0.790. The van der Waals surface area contributed by atoms with Crippen molar-refractivity contribution in [3.05, 3.63) is 0 Å². The Bertz CT molecular complexity index is 412. The molecule has 1 aliphatic carbocycles. The Hall–Kier alpha value is -1.10. The first kappa shape index (κ1) is 15.8. The topological polar surface area (TPSA) is 43.9 Å². The highest BCUT2D eigenvalue weighted by Crippen LogP contribution is 2.27. The summed E-state index contributed by atoms with van der Waals surface area (Å²) >= 11 is 0. The fraction of sp³-hybridized carbons (Fsp3) is 0.882.